The van der Waals surface area contributed by atoms with Crippen LogP contribution in [0.3, 0.4) is 0 Å². The van der Waals surface area contributed by atoms with E-state index in [-0.39, 0.29) is 0 Å². The van der Waals surface area contributed by atoms with E-state index < -0.39 is 0 Å². The Morgan fingerprint density at radius 2 is 1.31 bits per heavy atom. The van der Waals surface area contributed by atoms with Crippen LogP contribution in [0.15, 0.2) is 48.8 Å². The first-order valence-electron chi connectivity index (χ1n) is 5.10. The van der Waals surface area contributed by atoms with Gasteiger partial charge in [0, 0.05) is 12.4 Å². The molecule has 2 heteroatoms. The highest BCUT2D eigenvalue weighted by molar-refractivity contribution is 5.64. The number of allylic oxidation sites excluding steroid dienone is 4. The molecule has 0 radical (unpaired) electrons. The van der Waals surface area contributed by atoms with Crippen molar-refractivity contribution in [3.05, 3.63) is 60.2 Å². The molecule has 82 valence electrons. The highest BCUT2D eigenvalue weighted by Gasteiger charge is 1.99. The minimum absolute atomic E-state index is 0.848. The van der Waals surface area contributed by atoms with Crippen LogP contribution in [0.1, 0.15) is 25.2 Å². The lowest BCUT2D eigenvalue weighted by molar-refractivity contribution is 1.15. The zero-order valence-corrected chi connectivity index (χ0v) is 9.77. The molecule has 0 amide bonds. The summed E-state index contributed by atoms with van der Waals surface area (Å²) in [4.78, 5) is 8.58. The van der Waals surface area contributed by atoms with Gasteiger partial charge in [-0.15, -0.1) is 0 Å². The zero-order chi connectivity index (χ0) is 12.0. The molecule has 2 nitrogen and oxygen atoms in total. The number of hydrogen-bond donors (Lipinski definition) is 0. The van der Waals surface area contributed by atoms with Crippen molar-refractivity contribution in [3.63, 3.8) is 0 Å². The highest BCUT2D eigenvalue weighted by Crippen LogP contribution is 2.12. The summed E-state index contributed by atoms with van der Waals surface area (Å²) in [7, 11) is 0. The fourth-order valence-electron chi connectivity index (χ4n) is 1.13. The molecule has 0 saturated heterocycles. The number of hydrogen-bond acceptors (Lipinski definition) is 2. The van der Waals surface area contributed by atoms with E-state index >= 15 is 0 Å². The molecule has 0 N–H and O–H groups in total. The Morgan fingerprint density at radius 3 is 1.62 bits per heavy atom. The number of rotatable bonds is 4. The van der Waals surface area contributed by atoms with Crippen LogP contribution in [-0.4, -0.2) is 9.97 Å². The summed E-state index contributed by atoms with van der Waals surface area (Å²) in [6.45, 7) is 11.4. The first-order valence-corrected chi connectivity index (χ1v) is 5.10. The summed E-state index contributed by atoms with van der Waals surface area (Å²) in [6.07, 6.45) is 10.9. The molecule has 0 aliphatic rings. The van der Waals surface area contributed by atoms with E-state index in [1.54, 1.807) is 24.5 Å². The third kappa shape index (κ3) is 3.31. The van der Waals surface area contributed by atoms with Gasteiger partial charge in [0.25, 0.3) is 0 Å². The van der Waals surface area contributed by atoms with E-state index in [1.165, 1.54) is 0 Å². The summed E-state index contributed by atoms with van der Waals surface area (Å²) in [5.41, 5.74) is 3.82. The van der Waals surface area contributed by atoms with Gasteiger partial charge in [-0.05, 0) is 37.1 Å². The lowest BCUT2D eigenvalue weighted by atomic mass is 10.1. The second-order valence-corrected chi connectivity index (χ2v) is 3.51. The number of nitrogens with zero attached hydrogens (tertiary/aromatic N) is 2. The minimum atomic E-state index is 0.848. The average molecular weight is 212 g/mol. The topological polar surface area (TPSA) is 25.8 Å². The molecule has 0 unspecified atom stereocenters. The maximum absolute atomic E-state index is 4.29. The van der Waals surface area contributed by atoms with Crippen LogP contribution in [0.2, 0.25) is 0 Å². The Hall–Kier alpha value is -1.96. The molecule has 1 aromatic rings. The quantitative estimate of drug-likeness (QED) is 0.712. The van der Waals surface area contributed by atoms with E-state index in [4.69, 9.17) is 0 Å². The summed E-state index contributed by atoms with van der Waals surface area (Å²) in [5, 5.41) is 0. The van der Waals surface area contributed by atoms with E-state index in [0.717, 1.165) is 22.5 Å². The Balaban J connectivity index is 3.20. The average Bonchev–Trinajstić information content (AvgIpc) is 2.31. The molecule has 0 aliphatic heterocycles. The molecule has 0 aliphatic carbocycles. The van der Waals surface area contributed by atoms with E-state index in [9.17, 15) is 0 Å². The smallest absolute Gasteiger partial charge is 0.0889 e. The van der Waals surface area contributed by atoms with Crippen molar-refractivity contribution in [2.45, 2.75) is 13.8 Å². The van der Waals surface area contributed by atoms with Gasteiger partial charge < -0.3 is 0 Å². The standard InChI is InChI=1S/C14H16N2/c1-5-11(3)9-13-14(10-12(4)6-2)16-8-7-15-13/h5-10H,1-2H2,3-4H3/b11-9+,12-10+. The van der Waals surface area contributed by atoms with E-state index in [2.05, 4.69) is 23.1 Å². The lowest BCUT2D eigenvalue weighted by Gasteiger charge is -2.00. The third-order valence-electron chi connectivity index (χ3n) is 2.13. The molecule has 0 fully saturated rings. The number of aromatic nitrogens is 2. The van der Waals surface area contributed by atoms with Crippen LogP contribution in [0.4, 0.5) is 0 Å². The van der Waals surface area contributed by atoms with Crippen LogP contribution in [0, 0.1) is 0 Å². The summed E-state index contributed by atoms with van der Waals surface area (Å²) in [6, 6.07) is 0. The van der Waals surface area contributed by atoms with Crippen molar-refractivity contribution in [2.75, 3.05) is 0 Å². The predicted molar refractivity (Wildman–Crippen MR) is 69.7 cm³/mol. The first kappa shape index (κ1) is 12.1. The fourth-order valence-corrected chi connectivity index (χ4v) is 1.13. The van der Waals surface area contributed by atoms with Crippen LogP contribution < -0.4 is 0 Å². The molecule has 1 heterocycles. The maximum atomic E-state index is 4.29. The van der Waals surface area contributed by atoms with Crippen molar-refractivity contribution in [1.82, 2.24) is 9.97 Å². The Labute approximate surface area is 96.8 Å². The maximum Gasteiger partial charge on any atom is 0.0889 e. The van der Waals surface area contributed by atoms with Gasteiger partial charge in [0.05, 0.1) is 11.4 Å². The summed E-state index contributed by atoms with van der Waals surface area (Å²) < 4.78 is 0. The third-order valence-corrected chi connectivity index (χ3v) is 2.13. The van der Waals surface area contributed by atoms with Gasteiger partial charge in [0.2, 0.25) is 0 Å². The second kappa shape index (κ2) is 5.81. The van der Waals surface area contributed by atoms with Crippen LogP contribution >= 0.6 is 0 Å². The van der Waals surface area contributed by atoms with Gasteiger partial charge in [0.15, 0.2) is 0 Å². The van der Waals surface area contributed by atoms with Gasteiger partial charge >= 0.3 is 0 Å². The van der Waals surface area contributed by atoms with Gasteiger partial charge in [0.1, 0.15) is 0 Å². The Bertz CT molecular complexity index is 411. The van der Waals surface area contributed by atoms with Crippen LogP contribution in [0.25, 0.3) is 12.2 Å². The Morgan fingerprint density at radius 1 is 0.938 bits per heavy atom. The molecule has 1 rings (SSSR count). The molecule has 16 heavy (non-hydrogen) atoms. The van der Waals surface area contributed by atoms with Crippen LogP contribution in [0.5, 0.6) is 0 Å². The first-order chi connectivity index (χ1) is 7.67. The molecule has 0 spiro atoms. The lowest BCUT2D eigenvalue weighted by Crippen LogP contribution is -1.91. The fraction of sp³-hybridized carbons (Fsp3) is 0.143. The second-order valence-electron chi connectivity index (χ2n) is 3.51. The molecule has 0 bridgehead atoms. The summed E-state index contributed by atoms with van der Waals surface area (Å²) >= 11 is 0. The molecule has 1 aromatic heterocycles. The highest BCUT2D eigenvalue weighted by atomic mass is 14.8. The summed E-state index contributed by atoms with van der Waals surface area (Å²) in [5.74, 6) is 0. The van der Waals surface area contributed by atoms with E-state index in [0.29, 0.717) is 0 Å². The molecule has 0 aromatic carbocycles. The predicted octanol–water partition coefficient (Wildman–Crippen LogP) is 3.66. The molecular formula is C14H16N2. The normalized spacial score (nSPS) is 12.4. The van der Waals surface area contributed by atoms with Gasteiger partial charge in [-0.2, -0.15) is 0 Å². The monoisotopic (exact) mass is 212 g/mol. The minimum Gasteiger partial charge on any atom is -0.253 e. The van der Waals surface area contributed by atoms with Crippen molar-refractivity contribution >= 4 is 12.2 Å². The van der Waals surface area contributed by atoms with E-state index in [1.807, 2.05) is 26.0 Å². The zero-order valence-electron chi connectivity index (χ0n) is 9.77. The van der Waals surface area contributed by atoms with Crippen LogP contribution in [-0.2, 0) is 0 Å². The van der Waals surface area contributed by atoms with Crippen molar-refractivity contribution < 1.29 is 0 Å². The van der Waals surface area contributed by atoms with Crippen molar-refractivity contribution in [1.29, 1.82) is 0 Å². The van der Waals surface area contributed by atoms with Crippen molar-refractivity contribution in [3.8, 4) is 0 Å². The SMILES string of the molecule is C=C/C(C)=C/c1nccnc1/C=C(\C)C=C. The van der Waals surface area contributed by atoms with Gasteiger partial charge in [-0.3, -0.25) is 9.97 Å². The molecular weight excluding hydrogens is 196 g/mol. The van der Waals surface area contributed by atoms with Crippen molar-refractivity contribution in [2.24, 2.45) is 0 Å². The Kier molecular flexibility index (Phi) is 4.40. The molecule has 0 atom stereocenters. The molecule has 0 saturated carbocycles. The van der Waals surface area contributed by atoms with Gasteiger partial charge in [-0.25, -0.2) is 0 Å². The van der Waals surface area contributed by atoms with Gasteiger partial charge in [-0.1, -0.05) is 25.3 Å². The largest absolute Gasteiger partial charge is 0.253 e.